The Morgan fingerprint density at radius 2 is 2.12 bits per heavy atom. The summed E-state index contributed by atoms with van der Waals surface area (Å²) in [7, 11) is 0. The first-order valence-corrected chi connectivity index (χ1v) is 7.88. The first-order chi connectivity index (χ1) is 11.7. The van der Waals surface area contributed by atoms with E-state index in [0.717, 1.165) is 10.8 Å². The molecule has 0 aliphatic carbocycles. The molecule has 2 aromatic heterocycles. The summed E-state index contributed by atoms with van der Waals surface area (Å²) in [5, 5.41) is 22.9. The summed E-state index contributed by atoms with van der Waals surface area (Å²) in [6, 6.07) is 7.67. The maximum atomic E-state index is 13.0. The lowest BCUT2D eigenvalue weighted by molar-refractivity contribution is -0.0320. The Kier molecular flexibility index (Phi) is 3.50. The summed E-state index contributed by atoms with van der Waals surface area (Å²) < 4.78 is 0. The molecule has 0 bridgehead atoms. The second-order valence-electron chi connectivity index (χ2n) is 6.13. The van der Waals surface area contributed by atoms with E-state index in [1.54, 1.807) is 17.3 Å². The number of rotatable bonds is 2. The number of aromatic amines is 1. The number of carbonyl (C=O) groups excluding carboxylic acids is 1. The van der Waals surface area contributed by atoms with Crippen LogP contribution in [0.3, 0.4) is 0 Å². The lowest BCUT2D eigenvalue weighted by Gasteiger charge is -2.38. The van der Waals surface area contributed by atoms with Gasteiger partial charge in [-0.15, -0.1) is 0 Å². The fourth-order valence-corrected chi connectivity index (χ4v) is 3.30. The van der Waals surface area contributed by atoms with Crippen LogP contribution >= 0.6 is 0 Å². The third-order valence-electron chi connectivity index (χ3n) is 4.55. The van der Waals surface area contributed by atoms with Gasteiger partial charge in [0.15, 0.2) is 0 Å². The molecular formula is C17H17N5O2. The van der Waals surface area contributed by atoms with Crippen molar-refractivity contribution in [1.82, 2.24) is 25.3 Å². The van der Waals surface area contributed by atoms with E-state index < -0.39 is 5.60 Å². The number of carbonyl (C=O) groups is 1. The zero-order valence-electron chi connectivity index (χ0n) is 13.0. The van der Waals surface area contributed by atoms with E-state index in [4.69, 9.17) is 0 Å². The van der Waals surface area contributed by atoms with Gasteiger partial charge in [-0.1, -0.05) is 24.3 Å². The van der Waals surface area contributed by atoms with Crippen molar-refractivity contribution in [2.45, 2.75) is 18.4 Å². The standard InChI is InChI=1S/C17H17N5O2/c23-16(14-9-18-8-12-4-1-2-5-13(12)14)22-7-3-6-17(24,11-22)15-10-19-21-20-15/h1-2,4-5,8-10,24H,3,6-7,11H2,(H,19,20,21). The number of nitrogens with zero attached hydrogens (tertiary/aromatic N) is 4. The van der Waals surface area contributed by atoms with Gasteiger partial charge >= 0.3 is 0 Å². The monoisotopic (exact) mass is 323 g/mol. The van der Waals surface area contributed by atoms with Gasteiger partial charge < -0.3 is 10.0 Å². The van der Waals surface area contributed by atoms with Crippen molar-refractivity contribution in [3.05, 3.63) is 54.1 Å². The number of hydrogen-bond donors (Lipinski definition) is 2. The number of fused-ring (bicyclic) bond motifs is 1. The zero-order chi connectivity index (χ0) is 16.6. The first kappa shape index (κ1) is 14.8. The van der Waals surface area contributed by atoms with Crippen molar-refractivity contribution in [2.24, 2.45) is 0 Å². The number of benzene rings is 1. The smallest absolute Gasteiger partial charge is 0.256 e. The summed E-state index contributed by atoms with van der Waals surface area (Å²) in [6.45, 7) is 0.795. The van der Waals surface area contributed by atoms with E-state index in [1.807, 2.05) is 24.3 Å². The molecule has 3 aromatic rings. The quantitative estimate of drug-likeness (QED) is 0.745. The van der Waals surface area contributed by atoms with Crippen LogP contribution < -0.4 is 0 Å². The highest BCUT2D eigenvalue weighted by Crippen LogP contribution is 2.31. The zero-order valence-corrected chi connectivity index (χ0v) is 13.0. The van der Waals surface area contributed by atoms with E-state index in [1.165, 1.54) is 6.20 Å². The molecule has 1 fully saturated rings. The Balaban J connectivity index is 1.67. The molecule has 4 rings (SSSR count). The molecule has 1 aromatic carbocycles. The number of aliphatic hydroxyl groups is 1. The molecule has 7 nitrogen and oxygen atoms in total. The number of nitrogens with one attached hydrogen (secondary N) is 1. The maximum Gasteiger partial charge on any atom is 0.256 e. The Morgan fingerprint density at radius 3 is 2.96 bits per heavy atom. The van der Waals surface area contributed by atoms with Gasteiger partial charge in [0.2, 0.25) is 0 Å². The largest absolute Gasteiger partial charge is 0.382 e. The number of H-pyrrole nitrogens is 1. The predicted octanol–water partition coefficient (Wildman–Crippen LogP) is 1.48. The second kappa shape index (κ2) is 5.68. The molecule has 1 amide bonds. The average molecular weight is 323 g/mol. The normalized spacial score (nSPS) is 21.1. The molecule has 0 spiro atoms. The number of likely N-dealkylation sites (tertiary alicyclic amines) is 1. The van der Waals surface area contributed by atoms with Crippen LogP contribution in [-0.4, -0.2) is 49.4 Å². The van der Waals surface area contributed by atoms with Gasteiger partial charge in [0, 0.05) is 24.3 Å². The molecular weight excluding hydrogens is 306 g/mol. The number of piperidine rings is 1. The third kappa shape index (κ3) is 2.43. The van der Waals surface area contributed by atoms with Crippen molar-refractivity contribution in [1.29, 1.82) is 0 Å². The van der Waals surface area contributed by atoms with Crippen molar-refractivity contribution >= 4 is 16.7 Å². The Bertz CT molecular complexity index is 874. The molecule has 24 heavy (non-hydrogen) atoms. The highest BCUT2D eigenvalue weighted by Gasteiger charge is 2.39. The van der Waals surface area contributed by atoms with Crippen LogP contribution in [0.1, 0.15) is 28.9 Å². The third-order valence-corrected chi connectivity index (χ3v) is 4.55. The lowest BCUT2D eigenvalue weighted by Crippen LogP contribution is -2.48. The van der Waals surface area contributed by atoms with Crippen LogP contribution in [0.5, 0.6) is 0 Å². The molecule has 1 saturated heterocycles. The summed E-state index contributed by atoms with van der Waals surface area (Å²) in [4.78, 5) is 18.8. The van der Waals surface area contributed by atoms with Crippen LogP contribution in [0.25, 0.3) is 10.8 Å². The molecule has 2 N–H and O–H groups in total. The molecule has 3 heterocycles. The van der Waals surface area contributed by atoms with E-state index >= 15 is 0 Å². The van der Waals surface area contributed by atoms with E-state index in [9.17, 15) is 9.90 Å². The van der Waals surface area contributed by atoms with Gasteiger partial charge in [-0.3, -0.25) is 9.78 Å². The summed E-state index contributed by atoms with van der Waals surface area (Å²) >= 11 is 0. The lowest BCUT2D eigenvalue weighted by atomic mass is 9.89. The van der Waals surface area contributed by atoms with E-state index in [0.29, 0.717) is 30.6 Å². The number of aromatic nitrogens is 4. The minimum atomic E-state index is -1.17. The minimum Gasteiger partial charge on any atom is -0.382 e. The maximum absolute atomic E-state index is 13.0. The average Bonchev–Trinajstić information content (AvgIpc) is 3.16. The second-order valence-corrected chi connectivity index (χ2v) is 6.13. The summed E-state index contributed by atoms with van der Waals surface area (Å²) in [5.74, 6) is -0.124. The van der Waals surface area contributed by atoms with Crippen molar-refractivity contribution < 1.29 is 9.90 Å². The first-order valence-electron chi connectivity index (χ1n) is 7.88. The van der Waals surface area contributed by atoms with Crippen molar-refractivity contribution in [3.63, 3.8) is 0 Å². The molecule has 1 atom stereocenters. The summed E-state index contributed by atoms with van der Waals surface area (Å²) in [5.41, 5.74) is -0.146. The SMILES string of the molecule is O=C(c1cncc2ccccc12)N1CCCC(O)(c2cn[nH]n2)C1. The number of amides is 1. The van der Waals surface area contributed by atoms with E-state index in [-0.39, 0.29) is 12.5 Å². The fraction of sp³-hybridized carbons (Fsp3) is 0.294. The molecule has 122 valence electrons. The molecule has 0 radical (unpaired) electrons. The fourth-order valence-electron chi connectivity index (χ4n) is 3.30. The topological polar surface area (TPSA) is 95.0 Å². The Labute approximate surface area is 138 Å². The molecule has 1 aliphatic rings. The van der Waals surface area contributed by atoms with E-state index in [2.05, 4.69) is 20.4 Å². The Morgan fingerprint density at radius 1 is 1.25 bits per heavy atom. The van der Waals surface area contributed by atoms with Crippen LogP contribution in [0.2, 0.25) is 0 Å². The van der Waals surface area contributed by atoms with Crippen molar-refractivity contribution in [2.75, 3.05) is 13.1 Å². The van der Waals surface area contributed by atoms with Gasteiger partial charge in [0.25, 0.3) is 5.91 Å². The number of hydrogen-bond acceptors (Lipinski definition) is 5. The highest BCUT2D eigenvalue weighted by atomic mass is 16.3. The molecule has 1 unspecified atom stereocenters. The van der Waals surface area contributed by atoms with Gasteiger partial charge in [-0.25, -0.2) is 0 Å². The van der Waals surface area contributed by atoms with Gasteiger partial charge in [0.1, 0.15) is 11.3 Å². The van der Waals surface area contributed by atoms with Gasteiger partial charge in [-0.2, -0.15) is 15.4 Å². The molecule has 1 aliphatic heterocycles. The minimum absolute atomic E-state index is 0.124. The van der Waals surface area contributed by atoms with Crippen LogP contribution in [0.4, 0.5) is 0 Å². The molecule has 0 saturated carbocycles. The van der Waals surface area contributed by atoms with Gasteiger partial charge in [-0.05, 0) is 18.2 Å². The summed E-state index contributed by atoms with van der Waals surface area (Å²) in [6.07, 6.45) is 6.10. The Hall–Kier alpha value is -2.80. The van der Waals surface area contributed by atoms with Crippen LogP contribution in [0, 0.1) is 0 Å². The van der Waals surface area contributed by atoms with Crippen LogP contribution in [-0.2, 0) is 5.60 Å². The molecule has 7 heteroatoms. The predicted molar refractivity (Wildman–Crippen MR) is 87.2 cm³/mol. The van der Waals surface area contributed by atoms with Crippen molar-refractivity contribution in [3.8, 4) is 0 Å². The van der Waals surface area contributed by atoms with Crippen LogP contribution in [0.15, 0.2) is 42.9 Å². The highest BCUT2D eigenvalue weighted by molar-refractivity contribution is 6.06. The number of β-amino-alcohol motifs (C(OH)–C–C–N with tert-alkyl or cyclic N) is 1. The number of pyridine rings is 1. The van der Waals surface area contributed by atoms with Gasteiger partial charge in [0.05, 0.1) is 18.3 Å².